The van der Waals surface area contributed by atoms with Crippen LogP contribution < -0.4 is 10.1 Å². The van der Waals surface area contributed by atoms with Crippen LogP contribution in [0, 0.1) is 0 Å². The molecule has 1 N–H and O–H groups in total. The zero-order valence-corrected chi connectivity index (χ0v) is 15.7. The molecule has 1 aliphatic heterocycles. The SMILES string of the molecule is O=C(NCCSCc1ccccc1)c1ccc(OCC2CCCO2)cc1. The number of amides is 1. The third kappa shape index (κ3) is 6.07. The van der Waals surface area contributed by atoms with Crippen LogP contribution in [0.5, 0.6) is 5.75 Å². The summed E-state index contributed by atoms with van der Waals surface area (Å²) < 4.78 is 11.3. The molecule has 1 aliphatic rings. The lowest BCUT2D eigenvalue weighted by Crippen LogP contribution is -2.25. The highest BCUT2D eigenvalue weighted by atomic mass is 32.2. The first kappa shape index (κ1) is 18.8. The maximum atomic E-state index is 12.2. The number of carbonyl (C=O) groups excluding carboxylic acids is 1. The molecule has 1 amide bonds. The molecule has 1 fully saturated rings. The van der Waals surface area contributed by atoms with Crippen LogP contribution in [0.3, 0.4) is 0 Å². The molecular weight excluding hydrogens is 346 g/mol. The van der Waals surface area contributed by atoms with Gasteiger partial charge in [-0.15, -0.1) is 0 Å². The van der Waals surface area contributed by atoms with Crippen LogP contribution in [0.2, 0.25) is 0 Å². The van der Waals surface area contributed by atoms with Gasteiger partial charge in [-0.3, -0.25) is 4.79 Å². The lowest BCUT2D eigenvalue weighted by atomic mass is 10.2. The van der Waals surface area contributed by atoms with Gasteiger partial charge in [0.25, 0.3) is 5.91 Å². The van der Waals surface area contributed by atoms with E-state index in [0.717, 1.165) is 36.7 Å². The summed E-state index contributed by atoms with van der Waals surface area (Å²) in [6.45, 7) is 2.06. The van der Waals surface area contributed by atoms with E-state index < -0.39 is 0 Å². The van der Waals surface area contributed by atoms with E-state index in [1.165, 1.54) is 5.56 Å². The van der Waals surface area contributed by atoms with E-state index in [2.05, 4.69) is 17.4 Å². The molecule has 0 aromatic heterocycles. The highest BCUT2D eigenvalue weighted by Gasteiger charge is 2.16. The zero-order chi connectivity index (χ0) is 18.0. The predicted octanol–water partition coefficient (Wildman–Crippen LogP) is 3.91. The van der Waals surface area contributed by atoms with Gasteiger partial charge in [-0.2, -0.15) is 11.8 Å². The molecule has 138 valence electrons. The van der Waals surface area contributed by atoms with Crippen LogP contribution in [0.1, 0.15) is 28.8 Å². The Morgan fingerprint density at radius 2 is 1.96 bits per heavy atom. The van der Waals surface area contributed by atoms with E-state index in [0.29, 0.717) is 18.7 Å². The van der Waals surface area contributed by atoms with Crippen LogP contribution in [-0.2, 0) is 10.5 Å². The van der Waals surface area contributed by atoms with Gasteiger partial charge in [-0.1, -0.05) is 30.3 Å². The van der Waals surface area contributed by atoms with Gasteiger partial charge in [0.2, 0.25) is 0 Å². The molecule has 26 heavy (non-hydrogen) atoms. The Kier molecular flexibility index (Phi) is 7.40. The maximum absolute atomic E-state index is 12.2. The first-order valence-corrected chi connectivity index (χ1v) is 10.2. The number of carbonyl (C=O) groups is 1. The van der Waals surface area contributed by atoms with Gasteiger partial charge in [0.15, 0.2) is 0 Å². The normalized spacial score (nSPS) is 16.4. The average molecular weight is 372 g/mol. The van der Waals surface area contributed by atoms with Gasteiger partial charge in [0.05, 0.1) is 6.10 Å². The fourth-order valence-corrected chi connectivity index (χ4v) is 3.59. The van der Waals surface area contributed by atoms with E-state index in [4.69, 9.17) is 9.47 Å². The van der Waals surface area contributed by atoms with Crippen molar-refractivity contribution in [2.45, 2.75) is 24.7 Å². The molecule has 2 aromatic carbocycles. The highest BCUT2D eigenvalue weighted by Crippen LogP contribution is 2.17. The first-order chi connectivity index (χ1) is 12.8. The minimum Gasteiger partial charge on any atom is -0.491 e. The second-order valence-corrected chi connectivity index (χ2v) is 7.37. The monoisotopic (exact) mass is 371 g/mol. The van der Waals surface area contributed by atoms with Gasteiger partial charge in [-0.25, -0.2) is 0 Å². The number of hydrogen-bond donors (Lipinski definition) is 1. The van der Waals surface area contributed by atoms with Crippen molar-refractivity contribution in [3.63, 3.8) is 0 Å². The summed E-state index contributed by atoms with van der Waals surface area (Å²) in [5.41, 5.74) is 1.96. The van der Waals surface area contributed by atoms with Crippen molar-refractivity contribution in [2.24, 2.45) is 0 Å². The molecule has 1 atom stereocenters. The average Bonchev–Trinajstić information content (AvgIpc) is 3.21. The summed E-state index contributed by atoms with van der Waals surface area (Å²) in [4.78, 5) is 12.2. The molecule has 1 saturated heterocycles. The largest absolute Gasteiger partial charge is 0.491 e. The standard InChI is InChI=1S/C21H25NO3S/c23-21(22-12-14-26-16-17-5-2-1-3-6-17)18-8-10-19(11-9-18)25-15-20-7-4-13-24-20/h1-3,5-6,8-11,20H,4,7,12-16H2,(H,22,23). The molecule has 0 radical (unpaired) electrons. The lowest BCUT2D eigenvalue weighted by Gasteiger charge is -2.11. The van der Waals surface area contributed by atoms with Crippen LogP contribution >= 0.6 is 11.8 Å². The molecule has 1 unspecified atom stereocenters. The van der Waals surface area contributed by atoms with E-state index in [1.807, 2.05) is 42.1 Å². The summed E-state index contributed by atoms with van der Waals surface area (Å²) in [5, 5.41) is 2.96. The number of benzene rings is 2. The van der Waals surface area contributed by atoms with Crippen molar-refractivity contribution in [3.05, 3.63) is 65.7 Å². The Balaban J connectivity index is 1.33. The smallest absolute Gasteiger partial charge is 0.251 e. The van der Waals surface area contributed by atoms with Gasteiger partial charge in [-0.05, 0) is 42.7 Å². The first-order valence-electron chi connectivity index (χ1n) is 9.05. The van der Waals surface area contributed by atoms with Gasteiger partial charge < -0.3 is 14.8 Å². The third-order valence-electron chi connectivity index (χ3n) is 4.22. The van der Waals surface area contributed by atoms with E-state index in [-0.39, 0.29) is 12.0 Å². The maximum Gasteiger partial charge on any atom is 0.251 e. The summed E-state index contributed by atoms with van der Waals surface area (Å²) >= 11 is 1.82. The molecule has 5 heteroatoms. The van der Waals surface area contributed by atoms with Crippen molar-refractivity contribution in [1.82, 2.24) is 5.32 Å². The minimum atomic E-state index is -0.0454. The minimum absolute atomic E-state index is 0.0454. The Labute approximate surface area is 159 Å². The Morgan fingerprint density at radius 1 is 1.15 bits per heavy atom. The summed E-state index contributed by atoms with van der Waals surface area (Å²) in [7, 11) is 0. The molecule has 0 bridgehead atoms. The molecule has 4 nitrogen and oxygen atoms in total. The summed E-state index contributed by atoms with van der Waals surface area (Å²) in [5.74, 6) is 2.59. The van der Waals surface area contributed by atoms with E-state index in [9.17, 15) is 4.79 Å². The number of rotatable bonds is 9. The number of ether oxygens (including phenoxy) is 2. The molecule has 3 rings (SSSR count). The third-order valence-corrected chi connectivity index (χ3v) is 5.25. The van der Waals surface area contributed by atoms with Crippen molar-refractivity contribution in [3.8, 4) is 5.75 Å². The fraction of sp³-hybridized carbons (Fsp3) is 0.381. The zero-order valence-electron chi connectivity index (χ0n) is 14.9. The molecule has 2 aromatic rings. The van der Waals surface area contributed by atoms with Crippen LogP contribution in [0.15, 0.2) is 54.6 Å². The van der Waals surface area contributed by atoms with E-state index >= 15 is 0 Å². The van der Waals surface area contributed by atoms with Crippen molar-refractivity contribution in [1.29, 1.82) is 0 Å². The Bertz CT molecular complexity index is 669. The summed E-state index contributed by atoms with van der Waals surface area (Å²) in [6.07, 6.45) is 2.37. The van der Waals surface area contributed by atoms with Crippen molar-refractivity contribution in [2.75, 3.05) is 25.5 Å². The second-order valence-electron chi connectivity index (χ2n) is 6.26. The van der Waals surface area contributed by atoms with Crippen LogP contribution in [0.4, 0.5) is 0 Å². The van der Waals surface area contributed by atoms with Crippen LogP contribution in [0.25, 0.3) is 0 Å². The number of hydrogen-bond acceptors (Lipinski definition) is 4. The Morgan fingerprint density at radius 3 is 2.69 bits per heavy atom. The van der Waals surface area contributed by atoms with E-state index in [1.54, 1.807) is 12.1 Å². The predicted molar refractivity (Wildman–Crippen MR) is 106 cm³/mol. The number of thioether (sulfide) groups is 1. The van der Waals surface area contributed by atoms with Gasteiger partial charge in [0.1, 0.15) is 12.4 Å². The topological polar surface area (TPSA) is 47.6 Å². The molecule has 0 saturated carbocycles. The lowest BCUT2D eigenvalue weighted by molar-refractivity contribution is 0.0679. The summed E-state index contributed by atoms with van der Waals surface area (Å²) in [6, 6.07) is 17.6. The highest BCUT2D eigenvalue weighted by molar-refractivity contribution is 7.98. The molecule has 0 spiro atoms. The molecular formula is C21H25NO3S. The number of nitrogens with one attached hydrogen (secondary N) is 1. The fourth-order valence-electron chi connectivity index (χ4n) is 2.77. The second kappa shape index (κ2) is 10.2. The molecule has 1 heterocycles. The molecule has 0 aliphatic carbocycles. The van der Waals surface area contributed by atoms with Crippen molar-refractivity contribution < 1.29 is 14.3 Å². The van der Waals surface area contributed by atoms with Crippen molar-refractivity contribution >= 4 is 17.7 Å². The van der Waals surface area contributed by atoms with Gasteiger partial charge >= 0.3 is 0 Å². The van der Waals surface area contributed by atoms with Gasteiger partial charge in [0, 0.05) is 30.2 Å². The Hall–Kier alpha value is -1.98. The quantitative estimate of drug-likeness (QED) is 0.679. The van der Waals surface area contributed by atoms with Crippen LogP contribution in [-0.4, -0.2) is 37.5 Å².